The molecule has 1 saturated heterocycles. The molecule has 2 aromatic rings. The van der Waals surface area contributed by atoms with Gasteiger partial charge in [-0.15, -0.1) is 0 Å². The molecule has 144 valence electrons. The summed E-state index contributed by atoms with van der Waals surface area (Å²) in [7, 11) is 0. The monoisotopic (exact) mass is 376 g/mol. The summed E-state index contributed by atoms with van der Waals surface area (Å²) in [5.74, 6) is -0.114. The molecule has 27 heavy (non-hydrogen) atoms. The van der Waals surface area contributed by atoms with Crippen LogP contribution in [0.4, 0.5) is 13.2 Å². The van der Waals surface area contributed by atoms with Crippen LogP contribution in [0.25, 0.3) is 0 Å². The van der Waals surface area contributed by atoms with Crippen LogP contribution in [0.3, 0.4) is 0 Å². The lowest BCUT2D eigenvalue weighted by Crippen LogP contribution is -2.49. The van der Waals surface area contributed by atoms with Gasteiger partial charge in [-0.05, 0) is 23.6 Å². The van der Waals surface area contributed by atoms with Gasteiger partial charge in [0.05, 0.1) is 12.0 Å². The van der Waals surface area contributed by atoms with Crippen LogP contribution in [0.2, 0.25) is 0 Å². The molecule has 0 radical (unpaired) electrons. The molecule has 0 aliphatic carbocycles. The number of nitrogens with zero attached hydrogens (tertiary/aromatic N) is 2. The number of halogens is 3. The second-order valence-electron chi connectivity index (χ2n) is 6.83. The first-order valence-electron chi connectivity index (χ1n) is 9.12. The van der Waals surface area contributed by atoms with E-state index in [9.17, 15) is 18.0 Å². The molecular weight excluding hydrogens is 353 g/mol. The fourth-order valence-corrected chi connectivity index (χ4v) is 3.30. The largest absolute Gasteiger partial charge is 0.416 e. The van der Waals surface area contributed by atoms with Crippen LogP contribution in [0.1, 0.15) is 16.7 Å². The fraction of sp³-hybridized carbons (Fsp3) is 0.381. The number of carbonyl (C=O) groups is 1. The minimum atomic E-state index is -4.39. The average Bonchev–Trinajstić information content (AvgIpc) is 2.67. The van der Waals surface area contributed by atoms with E-state index in [-0.39, 0.29) is 12.3 Å². The van der Waals surface area contributed by atoms with Gasteiger partial charge in [-0.1, -0.05) is 48.5 Å². The van der Waals surface area contributed by atoms with E-state index in [1.54, 1.807) is 11.0 Å². The molecule has 1 fully saturated rings. The van der Waals surface area contributed by atoms with E-state index in [2.05, 4.69) is 17.0 Å². The van der Waals surface area contributed by atoms with Gasteiger partial charge < -0.3 is 4.90 Å². The summed E-state index contributed by atoms with van der Waals surface area (Å²) in [6.07, 6.45) is -3.41. The van der Waals surface area contributed by atoms with Crippen molar-refractivity contribution in [1.29, 1.82) is 0 Å². The summed E-state index contributed by atoms with van der Waals surface area (Å²) >= 11 is 0. The van der Waals surface area contributed by atoms with Crippen LogP contribution in [0, 0.1) is 0 Å². The summed E-state index contributed by atoms with van der Waals surface area (Å²) in [6, 6.07) is 15.3. The van der Waals surface area contributed by atoms with Gasteiger partial charge in [0.2, 0.25) is 5.91 Å². The molecule has 3 nitrogen and oxygen atoms in total. The Bertz CT molecular complexity index is 754. The maximum absolute atomic E-state index is 12.8. The van der Waals surface area contributed by atoms with Crippen molar-refractivity contribution in [1.82, 2.24) is 9.80 Å². The second kappa shape index (κ2) is 8.57. The van der Waals surface area contributed by atoms with Crippen molar-refractivity contribution in [2.75, 3.05) is 32.7 Å². The first kappa shape index (κ1) is 19.4. The van der Waals surface area contributed by atoms with Crippen molar-refractivity contribution in [3.63, 3.8) is 0 Å². The number of alkyl halides is 3. The fourth-order valence-electron chi connectivity index (χ4n) is 3.30. The van der Waals surface area contributed by atoms with Gasteiger partial charge in [0.15, 0.2) is 0 Å². The quantitative estimate of drug-likeness (QED) is 0.796. The molecule has 0 atom stereocenters. The van der Waals surface area contributed by atoms with Crippen molar-refractivity contribution in [2.24, 2.45) is 0 Å². The van der Waals surface area contributed by atoms with Crippen molar-refractivity contribution in [3.8, 4) is 0 Å². The predicted octanol–water partition coefficient (Wildman–Crippen LogP) is 3.63. The summed E-state index contributed by atoms with van der Waals surface area (Å²) in [4.78, 5) is 16.5. The molecule has 0 spiro atoms. The van der Waals surface area contributed by atoms with Gasteiger partial charge in [0, 0.05) is 32.7 Å². The second-order valence-corrected chi connectivity index (χ2v) is 6.83. The Morgan fingerprint density at radius 1 is 0.889 bits per heavy atom. The Kier molecular flexibility index (Phi) is 6.16. The van der Waals surface area contributed by atoms with E-state index in [4.69, 9.17) is 0 Å². The number of rotatable bonds is 5. The summed E-state index contributed by atoms with van der Waals surface area (Å²) in [5.41, 5.74) is 0.986. The SMILES string of the molecule is O=C(Cc1cccc(C(F)(F)F)c1)N1CCN(CCc2ccccc2)CC1. The van der Waals surface area contributed by atoms with Crippen molar-refractivity contribution < 1.29 is 18.0 Å². The Labute approximate surface area is 157 Å². The topological polar surface area (TPSA) is 23.6 Å². The number of piperazine rings is 1. The highest BCUT2D eigenvalue weighted by Crippen LogP contribution is 2.29. The van der Waals surface area contributed by atoms with Gasteiger partial charge in [-0.25, -0.2) is 0 Å². The summed E-state index contributed by atoms with van der Waals surface area (Å²) in [6.45, 7) is 3.77. The summed E-state index contributed by atoms with van der Waals surface area (Å²) in [5, 5.41) is 0. The smallest absolute Gasteiger partial charge is 0.340 e. The Hall–Kier alpha value is -2.34. The normalized spacial score (nSPS) is 15.7. The third kappa shape index (κ3) is 5.57. The van der Waals surface area contributed by atoms with Crippen molar-refractivity contribution >= 4 is 5.91 Å². The Morgan fingerprint density at radius 3 is 2.22 bits per heavy atom. The molecule has 0 aromatic heterocycles. The van der Waals surface area contributed by atoms with Crippen LogP contribution < -0.4 is 0 Å². The molecule has 1 aliphatic heterocycles. The van der Waals surface area contributed by atoms with Crippen molar-refractivity contribution in [2.45, 2.75) is 19.0 Å². The zero-order valence-corrected chi connectivity index (χ0v) is 15.1. The first-order chi connectivity index (χ1) is 12.9. The highest BCUT2D eigenvalue weighted by atomic mass is 19.4. The predicted molar refractivity (Wildman–Crippen MR) is 98.3 cm³/mol. The van der Waals surface area contributed by atoms with Gasteiger partial charge in [-0.3, -0.25) is 9.69 Å². The number of hydrogen-bond acceptors (Lipinski definition) is 2. The van der Waals surface area contributed by atoms with E-state index < -0.39 is 11.7 Å². The maximum atomic E-state index is 12.8. The van der Waals surface area contributed by atoms with Gasteiger partial charge in [0.1, 0.15) is 0 Å². The van der Waals surface area contributed by atoms with Gasteiger partial charge >= 0.3 is 6.18 Å². The Balaban J connectivity index is 1.47. The lowest BCUT2D eigenvalue weighted by Gasteiger charge is -2.34. The number of benzene rings is 2. The maximum Gasteiger partial charge on any atom is 0.416 e. The standard InChI is InChI=1S/C21H23F3N2O/c22-21(23,24)19-8-4-7-18(15-19)16-20(27)26-13-11-25(12-14-26)10-9-17-5-2-1-3-6-17/h1-8,15H,9-14,16H2. The highest BCUT2D eigenvalue weighted by molar-refractivity contribution is 5.79. The molecular formula is C21H23F3N2O. The van der Waals surface area contributed by atoms with Crippen LogP contribution in [0.15, 0.2) is 54.6 Å². The minimum absolute atomic E-state index is 0.00787. The molecule has 1 aliphatic rings. The molecule has 0 N–H and O–H groups in total. The lowest BCUT2D eigenvalue weighted by molar-refractivity contribution is -0.138. The molecule has 2 aromatic carbocycles. The van der Waals surface area contributed by atoms with Crippen LogP contribution >= 0.6 is 0 Å². The Morgan fingerprint density at radius 2 is 1.56 bits per heavy atom. The third-order valence-corrected chi connectivity index (χ3v) is 4.89. The van der Waals surface area contributed by atoms with Crippen LogP contribution in [-0.4, -0.2) is 48.4 Å². The zero-order valence-electron chi connectivity index (χ0n) is 15.1. The lowest BCUT2D eigenvalue weighted by atomic mass is 10.1. The van der Waals surface area contributed by atoms with Crippen LogP contribution in [-0.2, 0) is 23.8 Å². The molecule has 1 heterocycles. The molecule has 3 rings (SSSR count). The summed E-state index contributed by atoms with van der Waals surface area (Å²) < 4.78 is 38.4. The molecule has 1 amide bonds. The number of hydrogen-bond donors (Lipinski definition) is 0. The number of carbonyl (C=O) groups excluding carboxylic acids is 1. The molecule has 0 bridgehead atoms. The number of amides is 1. The third-order valence-electron chi connectivity index (χ3n) is 4.89. The first-order valence-corrected chi connectivity index (χ1v) is 9.12. The molecule has 6 heteroatoms. The van der Waals surface area contributed by atoms with E-state index in [0.717, 1.165) is 38.2 Å². The van der Waals surface area contributed by atoms with E-state index in [1.807, 2.05) is 18.2 Å². The molecule has 0 saturated carbocycles. The van der Waals surface area contributed by atoms with E-state index in [0.29, 0.717) is 18.7 Å². The van der Waals surface area contributed by atoms with Crippen LogP contribution in [0.5, 0.6) is 0 Å². The minimum Gasteiger partial charge on any atom is -0.340 e. The average molecular weight is 376 g/mol. The zero-order chi connectivity index (χ0) is 19.3. The van der Waals surface area contributed by atoms with Gasteiger partial charge in [0.25, 0.3) is 0 Å². The van der Waals surface area contributed by atoms with Gasteiger partial charge in [-0.2, -0.15) is 13.2 Å². The highest BCUT2D eigenvalue weighted by Gasteiger charge is 2.30. The molecule has 0 unspecified atom stereocenters. The van der Waals surface area contributed by atoms with Crippen molar-refractivity contribution in [3.05, 3.63) is 71.3 Å². The van der Waals surface area contributed by atoms with E-state index in [1.165, 1.54) is 11.6 Å². The van der Waals surface area contributed by atoms with E-state index >= 15 is 0 Å².